The second-order valence-corrected chi connectivity index (χ2v) is 7.47. The van der Waals surface area contributed by atoms with E-state index in [1.54, 1.807) is 38.6 Å². The molecule has 2 heterocycles. The fourth-order valence-electron chi connectivity index (χ4n) is 3.06. The molecule has 0 radical (unpaired) electrons. The molecule has 124 valence electrons. The fraction of sp³-hybridized carbons (Fsp3) is 0.438. The standard InChI is InChI=1S/C16H20N2O4S/c1-21-11-13-9-14(22-2)10-18(13)23(19,20)15-7-3-5-12-6-4-8-17-16(12)15/h3-8,13-14H,9-11H2,1-2H3/t13-,14-/m0/s1. The van der Waals surface area contributed by atoms with Crippen LogP contribution in [-0.4, -0.2) is 57.2 Å². The van der Waals surface area contributed by atoms with Crippen LogP contribution in [0.15, 0.2) is 41.4 Å². The quantitative estimate of drug-likeness (QED) is 0.830. The minimum atomic E-state index is -3.67. The lowest BCUT2D eigenvalue weighted by atomic mass is 10.2. The molecule has 3 rings (SSSR count). The molecule has 2 atom stereocenters. The molecular weight excluding hydrogens is 316 g/mol. The van der Waals surface area contributed by atoms with Crippen LogP contribution in [0.3, 0.4) is 0 Å². The van der Waals surface area contributed by atoms with E-state index < -0.39 is 10.0 Å². The van der Waals surface area contributed by atoms with Gasteiger partial charge in [0.1, 0.15) is 4.90 Å². The number of methoxy groups -OCH3 is 2. The molecule has 0 spiro atoms. The number of para-hydroxylation sites is 1. The van der Waals surface area contributed by atoms with Gasteiger partial charge >= 0.3 is 0 Å². The molecule has 6 nitrogen and oxygen atoms in total. The summed E-state index contributed by atoms with van der Waals surface area (Å²) in [5.41, 5.74) is 0.493. The lowest BCUT2D eigenvalue weighted by Gasteiger charge is -2.23. The molecule has 1 fully saturated rings. The average Bonchev–Trinajstić information content (AvgIpc) is 2.98. The van der Waals surface area contributed by atoms with Crippen molar-refractivity contribution < 1.29 is 17.9 Å². The predicted octanol–water partition coefficient (Wildman–Crippen LogP) is 1.66. The van der Waals surface area contributed by atoms with Crippen molar-refractivity contribution in [1.82, 2.24) is 9.29 Å². The first-order valence-corrected chi connectivity index (χ1v) is 8.89. The Hall–Kier alpha value is -1.54. The van der Waals surface area contributed by atoms with Crippen molar-refractivity contribution in [2.75, 3.05) is 27.4 Å². The van der Waals surface area contributed by atoms with Crippen molar-refractivity contribution >= 4 is 20.9 Å². The van der Waals surface area contributed by atoms with Crippen molar-refractivity contribution in [2.24, 2.45) is 0 Å². The van der Waals surface area contributed by atoms with Crippen molar-refractivity contribution in [1.29, 1.82) is 0 Å². The number of sulfonamides is 1. The summed E-state index contributed by atoms with van der Waals surface area (Å²) in [6, 6.07) is 8.63. The van der Waals surface area contributed by atoms with Gasteiger partial charge in [-0.15, -0.1) is 0 Å². The van der Waals surface area contributed by atoms with E-state index in [1.807, 2.05) is 12.1 Å². The molecule has 0 bridgehead atoms. The van der Waals surface area contributed by atoms with Crippen molar-refractivity contribution in [3.63, 3.8) is 0 Å². The minimum absolute atomic E-state index is 0.118. The van der Waals surface area contributed by atoms with Crippen molar-refractivity contribution in [3.8, 4) is 0 Å². The summed E-state index contributed by atoms with van der Waals surface area (Å²) in [6.45, 7) is 0.674. The molecule has 0 aliphatic carbocycles. The topological polar surface area (TPSA) is 68.7 Å². The Labute approximate surface area is 136 Å². The molecule has 2 aromatic rings. The third-order valence-electron chi connectivity index (χ3n) is 4.20. The molecule has 1 aromatic carbocycles. The molecule has 1 aromatic heterocycles. The normalized spacial score (nSPS) is 22.7. The molecule has 1 aliphatic rings. The van der Waals surface area contributed by atoms with Crippen molar-refractivity contribution in [2.45, 2.75) is 23.5 Å². The summed E-state index contributed by atoms with van der Waals surface area (Å²) in [4.78, 5) is 4.49. The summed E-state index contributed by atoms with van der Waals surface area (Å²) in [5.74, 6) is 0. The summed E-state index contributed by atoms with van der Waals surface area (Å²) in [5, 5.41) is 0.805. The molecular formula is C16H20N2O4S. The molecule has 1 saturated heterocycles. The van der Waals surface area contributed by atoms with Gasteiger partial charge in [0.25, 0.3) is 0 Å². The Kier molecular flexibility index (Phi) is 4.63. The highest BCUT2D eigenvalue weighted by atomic mass is 32.2. The maximum atomic E-state index is 13.2. The highest BCUT2D eigenvalue weighted by Gasteiger charge is 2.41. The number of aromatic nitrogens is 1. The van der Waals surface area contributed by atoms with E-state index in [1.165, 1.54) is 4.31 Å². The van der Waals surface area contributed by atoms with E-state index in [0.29, 0.717) is 25.1 Å². The van der Waals surface area contributed by atoms with E-state index in [0.717, 1.165) is 5.39 Å². The first kappa shape index (κ1) is 16.3. The molecule has 0 saturated carbocycles. The van der Waals surface area contributed by atoms with Crippen LogP contribution in [0.25, 0.3) is 10.9 Å². The Morgan fingerprint density at radius 3 is 2.78 bits per heavy atom. The maximum absolute atomic E-state index is 13.2. The summed E-state index contributed by atoms with van der Waals surface area (Å²) in [6.07, 6.45) is 2.12. The van der Waals surface area contributed by atoms with Crippen molar-refractivity contribution in [3.05, 3.63) is 36.5 Å². The summed E-state index contributed by atoms with van der Waals surface area (Å²) in [7, 11) is -0.494. The van der Waals surface area contributed by atoms with E-state index in [2.05, 4.69) is 4.98 Å². The van der Waals surface area contributed by atoms with Gasteiger partial charge in [-0.3, -0.25) is 4.98 Å². The van der Waals surface area contributed by atoms with Crippen LogP contribution in [0.1, 0.15) is 6.42 Å². The highest BCUT2D eigenvalue weighted by Crippen LogP contribution is 2.30. The van der Waals surface area contributed by atoms with Gasteiger partial charge in [-0.25, -0.2) is 8.42 Å². The van der Waals surface area contributed by atoms with Gasteiger partial charge in [-0.2, -0.15) is 4.31 Å². The zero-order valence-corrected chi connectivity index (χ0v) is 14.0. The third kappa shape index (κ3) is 2.97. The molecule has 7 heteroatoms. The van der Waals surface area contributed by atoms with Gasteiger partial charge < -0.3 is 9.47 Å². The predicted molar refractivity (Wildman–Crippen MR) is 86.7 cm³/mol. The van der Waals surface area contributed by atoms with E-state index in [4.69, 9.17) is 9.47 Å². The summed E-state index contributed by atoms with van der Waals surface area (Å²) < 4.78 is 38.4. The second-order valence-electron chi connectivity index (χ2n) is 5.61. The van der Waals surface area contributed by atoms with E-state index in [-0.39, 0.29) is 17.0 Å². The minimum Gasteiger partial charge on any atom is -0.383 e. The third-order valence-corrected chi connectivity index (χ3v) is 6.15. The number of ether oxygens (including phenoxy) is 2. The van der Waals surface area contributed by atoms with Gasteiger partial charge in [0.15, 0.2) is 0 Å². The molecule has 0 N–H and O–H groups in total. The van der Waals surface area contributed by atoms with Gasteiger partial charge in [-0.05, 0) is 18.6 Å². The Morgan fingerprint density at radius 2 is 2.04 bits per heavy atom. The smallest absolute Gasteiger partial charge is 0.245 e. The number of pyridine rings is 1. The Balaban J connectivity index is 2.06. The van der Waals surface area contributed by atoms with Crippen LogP contribution in [0.4, 0.5) is 0 Å². The van der Waals surface area contributed by atoms with Crippen LogP contribution in [-0.2, 0) is 19.5 Å². The monoisotopic (exact) mass is 336 g/mol. The first-order valence-electron chi connectivity index (χ1n) is 7.45. The second kappa shape index (κ2) is 6.52. The Bertz CT molecular complexity index is 788. The van der Waals surface area contributed by atoms with Gasteiger partial charge in [0, 0.05) is 32.3 Å². The molecule has 23 heavy (non-hydrogen) atoms. The number of rotatable bonds is 5. The number of nitrogens with zero attached hydrogens (tertiary/aromatic N) is 2. The lowest BCUT2D eigenvalue weighted by Crippen LogP contribution is -2.38. The molecule has 1 aliphatic heterocycles. The fourth-order valence-corrected chi connectivity index (χ4v) is 4.88. The number of benzene rings is 1. The van der Waals surface area contributed by atoms with Crippen LogP contribution in [0.2, 0.25) is 0 Å². The molecule has 0 unspecified atom stereocenters. The van der Waals surface area contributed by atoms with Gasteiger partial charge in [0.05, 0.1) is 24.3 Å². The number of fused-ring (bicyclic) bond motifs is 1. The highest BCUT2D eigenvalue weighted by molar-refractivity contribution is 7.89. The number of hydrogen-bond acceptors (Lipinski definition) is 5. The maximum Gasteiger partial charge on any atom is 0.245 e. The van der Waals surface area contributed by atoms with Crippen LogP contribution < -0.4 is 0 Å². The summed E-state index contributed by atoms with van der Waals surface area (Å²) >= 11 is 0. The van der Waals surface area contributed by atoms with Crippen LogP contribution >= 0.6 is 0 Å². The van der Waals surface area contributed by atoms with Crippen LogP contribution in [0, 0.1) is 0 Å². The number of hydrogen-bond donors (Lipinski definition) is 0. The lowest BCUT2D eigenvalue weighted by molar-refractivity contribution is 0.110. The molecule has 0 amide bonds. The van der Waals surface area contributed by atoms with E-state index in [9.17, 15) is 8.42 Å². The van der Waals surface area contributed by atoms with E-state index >= 15 is 0 Å². The van der Waals surface area contributed by atoms with Crippen LogP contribution in [0.5, 0.6) is 0 Å². The zero-order chi connectivity index (χ0) is 16.4. The SMILES string of the molecule is COC[C@@H]1C[C@H](OC)CN1S(=O)(=O)c1cccc2cccnc12. The van der Waals surface area contributed by atoms with Gasteiger partial charge in [0.2, 0.25) is 10.0 Å². The van der Waals surface area contributed by atoms with Gasteiger partial charge in [-0.1, -0.05) is 18.2 Å². The average molecular weight is 336 g/mol. The zero-order valence-electron chi connectivity index (χ0n) is 13.2. The largest absolute Gasteiger partial charge is 0.383 e. The Morgan fingerprint density at radius 1 is 1.26 bits per heavy atom. The first-order chi connectivity index (χ1) is 11.1.